The zero-order chi connectivity index (χ0) is 18.4. The van der Waals surface area contributed by atoms with Crippen LogP contribution in [-0.4, -0.2) is 61.7 Å². The van der Waals surface area contributed by atoms with Crippen molar-refractivity contribution in [2.24, 2.45) is 0 Å². The summed E-state index contributed by atoms with van der Waals surface area (Å²) in [6.45, 7) is 4.55. The van der Waals surface area contributed by atoms with E-state index >= 15 is 0 Å². The number of likely N-dealkylation sites (tertiary alicyclic amines) is 1. The summed E-state index contributed by atoms with van der Waals surface area (Å²) in [6.07, 6.45) is 1.91. The van der Waals surface area contributed by atoms with Gasteiger partial charge in [0.15, 0.2) is 0 Å². The van der Waals surface area contributed by atoms with Gasteiger partial charge >= 0.3 is 0 Å². The normalized spacial score (nSPS) is 22.4. The molecule has 2 heterocycles. The van der Waals surface area contributed by atoms with E-state index in [0.29, 0.717) is 18.7 Å². The van der Waals surface area contributed by atoms with E-state index in [1.807, 2.05) is 7.05 Å². The molecule has 0 radical (unpaired) electrons. The summed E-state index contributed by atoms with van der Waals surface area (Å²) in [4.78, 5) is 26.8. The molecule has 2 amide bonds. The second kappa shape index (κ2) is 6.42. The predicted molar refractivity (Wildman–Crippen MR) is 92.9 cm³/mol. The standard InChI is InChI=1S/C17H23N3O4S/c1-11(2)20-17(22)14-7-6-12(9-15(14)25(20,23)24)16(21)19-8-4-5-13(10-19)18-3/h6-7,9,11,13,18H,4-5,8,10H2,1-3H3. The van der Waals surface area contributed by atoms with Gasteiger partial charge in [-0.3, -0.25) is 9.59 Å². The molecule has 0 spiro atoms. The molecule has 1 N–H and O–H groups in total. The van der Waals surface area contributed by atoms with Gasteiger partial charge < -0.3 is 10.2 Å². The van der Waals surface area contributed by atoms with Crippen molar-refractivity contribution in [3.63, 3.8) is 0 Å². The molecular weight excluding hydrogens is 342 g/mol. The molecule has 1 saturated heterocycles. The van der Waals surface area contributed by atoms with Crippen LogP contribution in [0.5, 0.6) is 0 Å². The molecule has 25 heavy (non-hydrogen) atoms. The number of sulfonamides is 1. The summed E-state index contributed by atoms with van der Waals surface area (Å²) in [5.74, 6) is -0.731. The first kappa shape index (κ1) is 17.9. The molecule has 0 bridgehead atoms. The molecule has 1 fully saturated rings. The van der Waals surface area contributed by atoms with Crippen LogP contribution in [0.1, 0.15) is 47.4 Å². The molecule has 0 aromatic heterocycles. The van der Waals surface area contributed by atoms with Crippen molar-refractivity contribution in [3.05, 3.63) is 29.3 Å². The highest BCUT2D eigenvalue weighted by atomic mass is 32.2. The summed E-state index contributed by atoms with van der Waals surface area (Å²) < 4.78 is 26.2. The smallest absolute Gasteiger partial charge is 0.269 e. The van der Waals surface area contributed by atoms with Crippen molar-refractivity contribution in [3.8, 4) is 0 Å². The van der Waals surface area contributed by atoms with Gasteiger partial charge in [-0.25, -0.2) is 12.7 Å². The number of carbonyl (C=O) groups excluding carboxylic acids is 2. The van der Waals surface area contributed by atoms with Gasteiger partial charge in [-0.15, -0.1) is 0 Å². The monoisotopic (exact) mass is 365 g/mol. The number of fused-ring (bicyclic) bond motifs is 1. The van der Waals surface area contributed by atoms with Crippen molar-refractivity contribution in [2.45, 2.75) is 43.7 Å². The van der Waals surface area contributed by atoms with Gasteiger partial charge in [-0.05, 0) is 51.9 Å². The molecule has 2 aliphatic rings. The fourth-order valence-electron chi connectivity index (χ4n) is 3.47. The maximum Gasteiger partial charge on any atom is 0.269 e. The third-order valence-electron chi connectivity index (χ3n) is 4.78. The maximum absolute atomic E-state index is 12.8. The Balaban J connectivity index is 1.94. The molecule has 1 atom stereocenters. The highest BCUT2D eigenvalue weighted by molar-refractivity contribution is 7.90. The number of rotatable bonds is 3. The Bertz CT molecular complexity index is 819. The van der Waals surface area contributed by atoms with Crippen LogP contribution in [0.15, 0.2) is 23.1 Å². The summed E-state index contributed by atoms with van der Waals surface area (Å²) >= 11 is 0. The Kier molecular flexibility index (Phi) is 4.59. The average molecular weight is 365 g/mol. The van der Waals surface area contributed by atoms with E-state index in [0.717, 1.165) is 17.1 Å². The van der Waals surface area contributed by atoms with Crippen LogP contribution in [0.25, 0.3) is 0 Å². The van der Waals surface area contributed by atoms with E-state index in [9.17, 15) is 18.0 Å². The topological polar surface area (TPSA) is 86.8 Å². The summed E-state index contributed by atoms with van der Waals surface area (Å²) in [5, 5.41) is 3.18. The lowest BCUT2D eigenvalue weighted by Crippen LogP contribution is -2.47. The fraction of sp³-hybridized carbons (Fsp3) is 0.529. The minimum atomic E-state index is -3.90. The Labute approximate surface area is 148 Å². The van der Waals surface area contributed by atoms with E-state index in [-0.39, 0.29) is 22.4 Å². The molecule has 3 rings (SSSR count). The number of nitrogens with zero attached hydrogens (tertiary/aromatic N) is 2. The number of carbonyl (C=O) groups is 2. The van der Waals surface area contributed by atoms with Crippen LogP contribution < -0.4 is 5.32 Å². The predicted octanol–water partition coefficient (Wildman–Crippen LogP) is 1.06. The number of likely N-dealkylation sites (N-methyl/N-ethyl adjacent to an activating group) is 1. The summed E-state index contributed by atoms with van der Waals surface area (Å²) in [6, 6.07) is 4.11. The highest BCUT2D eigenvalue weighted by Gasteiger charge is 2.43. The van der Waals surface area contributed by atoms with Crippen LogP contribution in [0.3, 0.4) is 0 Å². The first-order valence-corrected chi connectivity index (χ1v) is 9.90. The van der Waals surface area contributed by atoms with Crippen LogP contribution in [0.2, 0.25) is 0 Å². The SMILES string of the molecule is CNC1CCCN(C(=O)c2ccc3c(c2)S(=O)(=O)N(C(C)C)C3=O)C1. The Hall–Kier alpha value is -1.93. The van der Waals surface area contributed by atoms with E-state index in [1.165, 1.54) is 12.1 Å². The molecule has 2 aliphatic heterocycles. The van der Waals surface area contributed by atoms with Crippen molar-refractivity contribution >= 4 is 21.8 Å². The minimum Gasteiger partial charge on any atom is -0.337 e. The zero-order valence-electron chi connectivity index (χ0n) is 14.7. The van der Waals surface area contributed by atoms with Crippen LogP contribution in [0.4, 0.5) is 0 Å². The third kappa shape index (κ3) is 2.93. The summed E-state index contributed by atoms with van der Waals surface area (Å²) in [5.41, 5.74) is 0.439. The lowest BCUT2D eigenvalue weighted by molar-refractivity contribution is 0.0697. The van der Waals surface area contributed by atoms with E-state index in [2.05, 4.69) is 5.32 Å². The second-order valence-corrected chi connectivity index (χ2v) is 8.57. The number of hydrogen-bond donors (Lipinski definition) is 1. The van der Waals surface area contributed by atoms with Gasteiger partial charge in [-0.2, -0.15) is 0 Å². The number of nitrogens with one attached hydrogen (secondary N) is 1. The van der Waals surface area contributed by atoms with Gasteiger partial charge in [0.1, 0.15) is 4.90 Å². The number of amides is 2. The van der Waals surface area contributed by atoms with Gasteiger partial charge in [0.2, 0.25) is 0 Å². The lowest BCUT2D eigenvalue weighted by Gasteiger charge is -2.32. The van der Waals surface area contributed by atoms with Crippen LogP contribution in [0, 0.1) is 0 Å². The average Bonchev–Trinajstić information content (AvgIpc) is 2.80. The van der Waals surface area contributed by atoms with Crippen molar-refractivity contribution in [1.29, 1.82) is 0 Å². The summed E-state index contributed by atoms with van der Waals surface area (Å²) in [7, 11) is -2.03. The van der Waals surface area contributed by atoms with Gasteiger partial charge in [0, 0.05) is 30.7 Å². The van der Waals surface area contributed by atoms with Crippen molar-refractivity contribution in [1.82, 2.24) is 14.5 Å². The van der Waals surface area contributed by atoms with Gasteiger partial charge in [0.05, 0.1) is 5.56 Å². The molecule has 0 saturated carbocycles. The number of benzene rings is 1. The Morgan fingerprint density at radius 2 is 2.04 bits per heavy atom. The van der Waals surface area contributed by atoms with Gasteiger partial charge in [-0.1, -0.05) is 0 Å². The van der Waals surface area contributed by atoms with Crippen molar-refractivity contribution < 1.29 is 18.0 Å². The first-order valence-electron chi connectivity index (χ1n) is 8.46. The third-order valence-corrected chi connectivity index (χ3v) is 6.78. The second-order valence-electron chi connectivity index (χ2n) is 6.79. The van der Waals surface area contributed by atoms with Gasteiger partial charge in [0.25, 0.3) is 21.8 Å². The quantitative estimate of drug-likeness (QED) is 0.866. The van der Waals surface area contributed by atoms with E-state index in [4.69, 9.17) is 0 Å². The molecule has 0 aliphatic carbocycles. The van der Waals surface area contributed by atoms with Crippen LogP contribution >= 0.6 is 0 Å². The van der Waals surface area contributed by atoms with E-state index < -0.39 is 22.0 Å². The molecule has 1 aromatic rings. The Morgan fingerprint density at radius 1 is 1.32 bits per heavy atom. The molecule has 7 nitrogen and oxygen atoms in total. The maximum atomic E-state index is 12.8. The van der Waals surface area contributed by atoms with E-state index in [1.54, 1.807) is 24.8 Å². The molecule has 1 unspecified atom stereocenters. The number of hydrogen-bond acceptors (Lipinski definition) is 5. The van der Waals surface area contributed by atoms with Crippen molar-refractivity contribution in [2.75, 3.05) is 20.1 Å². The molecular formula is C17H23N3O4S. The molecule has 1 aromatic carbocycles. The fourth-order valence-corrected chi connectivity index (χ4v) is 5.26. The first-order chi connectivity index (χ1) is 11.8. The highest BCUT2D eigenvalue weighted by Crippen LogP contribution is 2.33. The molecule has 136 valence electrons. The number of piperidine rings is 1. The minimum absolute atomic E-state index is 0.0702. The Morgan fingerprint density at radius 3 is 2.68 bits per heavy atom. The zero-order valence-corrected chi connectivity index (χ0v) is 15.5. The van der Waals surface area contributed by atoms with Crippen LogP contribution in [-0.2, 0) is 10.0 Å². The lowest BCUT2D eigenvalue weighted by atomic mass is 10.0. The largest absolute Gasteiger partial charge is 0.337 e. The molecule has 8 heteroatoms.